The molecule has 1 aliphatic heterocycles. The third kappa shape index (κ3) is 7.52. The van der Waals surface area contributed by atoms with E-state index in [1.54, 1.807) is 32.5 Å². The van der Waals surface area contributed by atoms with Crippen LogP contribution in [0.15, 0.2) is 65.4 Å². The monoisotopic (exact) mass is 553 g/mol. The minimum absolute atomic E-state index is 0.00785. The van der Waals surface area contributed by atoms with Gasteiger partial charge >= 0.3 is 5.97 Å². The van der Waals surface area contributed by atoms with Crippen LogP contribution < -0.4 is 0 Å². The Morgan fingerprint density at radius 3 is 2.18 bits per heavy atom. The molecule has 1 N–H and O–H groups in total. The summed E-state index contributed by atoms with van der Waals surface area (Å²) in [5, 5.41) is 13.2. The van der Waals surface area contributed by atoms with Gasteiger partial charge in [-0.25, -0.2) is 0 Å². The van der Waals surface area contributed by atoms with E-state index in [2.05, 4.69) is 0 Å². The average molecular weight is 554 g/mol. The highest BCUT2D eigenvalue weighted by Gasteiger charge is 2.40. The summed E-state index contributed by atoms with van der Waals surface area (Å²) in [6.07, 6.45) is 0.858. The van der Waals surface area contributed by atoms with Crippen LogP contribution in [0.5, 0.6) is 0 Å². The molecule has 1 saturated heterocycles. The maximum Gasteiger partial charge on any atom is 0.305 e. The van der Waals surface area contributed by atoms with E-state index < -0.39 is 12.0 Å². The van der Waals surface area contributed by atoms with Gasteiger partial charge < -0.3 is 19.8 Å². The number of thiophene rings is 2. The number of rotatable bonds is 13. The largest absolute Gasteiger partial charge is 0.481 e. The number of carboxylic acid groups (broad SMARTS) is 1. The van der Waals surface area contributed by atoms with Crippen molar-refractivity contribution in [3.05, 3.63) is 80.7 Å². The molecule has 0 saturated carbocycles. The van der Waals surface area contributed by atoms with Gasteiger partial charge in [0.05, 0.1) is 19.4 Å². The molecular formula is C28H31N3O5S2. The zero-order valence-electron chi connectivity index (χ0n) is 21.0. The number of benzene rings is 1. The van der Waals surface area contributed by atoms with Crippen molar-refractivity contribution in [1.29, 1.82) is 0 Å². The zero-order chi connectivity index (χ0) is 26.9. The van der Waals surface area contributed by atoms with Crippen molar-refractivity contribution >= 4 is 46.4 Å². The van der Waals surface area contributed by atoms with Crippen molar-refractivity contribution in [3.63, 3.8) is 0 Å². The van der Waals surface area contributed by atoms with E-state index in [-0.39, 0.29) is 50.2 Å². The lowest BCUT2D eigenvalue weighted by molar-refractivity contribution is -0.158. The third-order valence-corrected chi connectivity index (χ3v) is 8.41. The highest BCUT2D eigenvalue weighted by molar-refractivity contribution is 7.10. The van der Waals surface area contributed by atoms with Gasteiger partial charge in [-0.2, -0.15) is 0 Å². The van der Waals surface area contributed by atoms with Crippen molar-refractivity contribution in [2.75, 3.05) is 26.2 Å². The zero-order valence-corrected chi connectivity index (χ0v) is 22.7. The average Bonchev–Trinajstić information content (AvgIpc) is 3.62. The van der Waals surface area contributed by atoms with Gasteiger partial charge in [0.1, 0.15) is 6.04 Å². The molecule has 200 valence electrons. The summed E-state index contributed by atoms with van der Waals surface area (Å²) in [4.78, 5) is 58.5. The van der Waals surface area contributed by atoms with E-state index in [1.807, 2.05) is 65.4 Å². The maximum atomic E-state index is 13.7. The number of amides is 3. The molecule has 0 spiro atoms. The summed E-state index contributed by atoms with van der Waals surface area (Å²) in [6, 6.07) is 16.3. The van der Waals surface area contributed by atoms with Gasteiger partial charge in [-0.15, -0.1) is 22.7 Å². The molecule has 1 aromatic carbocycles. The molecule has 1 aliphatic rings. The van der Waals surface area contributed by atoms with E-state index in [4.69, 9.17) is 0 Å². The Bertz CT molecular complexity index is 1210. The van der Waals surface area contributed by atoms with Crippen LogP contribution in [0.25, 0.3) is 0 Å². The number of nitrogens with zero attached hydrogens (tertiary/aromatic N) is 3. The van der Waals surface area contributed by atoms with E-state index in [9.17, 15) is 24.3 Å². The van der Waals surface area contributed by atoms with Crippen LogP contribution in [0, 0.1) is 0 Å². The molecule has 1 atom stereocenters. The number of aliphatic carboxylic acids is 1. The second kappa shape index (κ2) is 13.3. The molecule has 3 aromatic rings. The van der Waals surface area contributed by atoms with Crippen molar-refractivity contribution in [1.82, 2.24) is 14.7 Å². The number of hydrogen-bond donors (Lipinski definition) is 1. The molecule has 10 heteroatoms. The molecule has 38 heavy (non-hydrogen) atoms. The number of carbonyl (C=O) groups is 4. The van der Waals surface area contributed by atoms with Gasteiger partial charge in [-0.1, -0.05) is 42.5 Å². The molecule has 3 amide bonds. The summed E-state index contributed by atoms with van der Waals surface area (Å²) >= 11 is 3.19. The van der Waals surface area contributed by atoms with Crippen LogP contribution >= 0.6 is 22.7 Å². The second-order valence-electron chi connectivity index (χ2n) is 9.17. The Hall–Kier alpha value is -3.50. The van der Waals surface area contributed by atoms with Gasteiger partial charge in [0, 0.05) is 35.9 Å². The Morgan fingerprint density at radius 2 is 1.58 bits per heavy atom. The first-order valence-electron chi connectivity index (χ1n) is 12.6. The lowest BCUT2D eigenvalue weighted by Gasteiger charge is -2.40. The van der Waals surface area contributed by atoms with Crippen LogP contribution in [0.3, 0.4) is 0 Å². The normalized spacial score (nSPS) is 15.6. The summed E-state index contributed by atoms with van der Waals surface area (Å²) < 4.78 is 0. The van der Waals surface area contributed by atoms with Crippen LogP contribution in [0.1, 0.15) is 28.2 Å². The molecule has 0 aliphatic carbocycles. The molecule has 2 aromatic heterocycles. The maximum absolute atomic E-state index is 13.7. The Balaban J connectivity index is 1.52. The van der Waals surface area contributed by atoms with Crippen LogP contribution in [0.4, 0.5) is 0 Å². The number of piperazine rings is 1. The van der Waals surface area contributed by atoms with Crippen molar-refractivity contribution in [2.45, 2.75) is 38.3 Å². The molecule has 0 radical (unpaired) electrons. The van der Waals surface area contributed by atoms with E-state index in [1.165, 1.54) is 4.90 Å². The smallest absolute Gasteiger partial charge is 0.305 e. The Labute approximate surface area is 230 Å². The van der Waals surface area contributed by atoms with Crippen molar-refractivity contribution < 1.29 is 24.3 Å². The minimum Gasteiger partial charge on any atom is -0.481 e. The number of carbonyl (C=O) groups excluding carboxylic acids is 3. The van der Waals surface area contributed by atoms with Gasteiger partial charge in [-0.05, 0) is 41.3 Å². The van der Waals surface area contributed by atoms with Gasteiger partial charge in [0.15, 0.2) is 0 Å². The standard InChI is InChI=1S/C28H31N3O5S2/c32-25(29(14-12-27(34)35)19-21-6-2-1-3-7-21)18-24-28(36)30(13-10-22-8-4-16-37-22)20-26(33)31(24)15-11-23-9-5-17-38-23/h1-9,16-17,24H,10-15,18-20H2,(H,34,35). The molecule has 3 heterocycles. The van der Waals surface area contributed by atoms with Crippen molar-refractivity contribution in [3.8, 4) is 0 Å². The van der Waals surface area contributed by atoms with E-state index >= 15 is 0 Å². The Kier molecular flexibility index (Phi) is 9.67. The van der Waals surface area contributed by atoms with Crippen LogP contribution in [0.2, 0.25) is 0 Å². The summed E-state index contributed by atoms with van der Waals surface area (Å²) in [7, 11) is 0. The highest BCUT2D eigenvalue weighted by Crippen LogP contribution is 2.21. The van der Waals surface area contributed by atoms with E-state index in [0.29, 0.717) is 25.9 Å². The quantitative estimate of drug-likeness (QED) is 0.349. The first-order valence-corrected chi connectivity index (χ1v) is 14.3. The molecule has 8 nitrogen and oxygen atoms in total. The van der Waals surface area contributed by atoms with E-state index in [0.717, 1.165) is 15.3 Å². The van der Waals surface area contributed by atoms with Gasteiger partial charge in [0.2, 0.25) is 17.7 Å². The first kappa shape index (κ1) is 27.5. The molecule has 4 rings (SSSR count). The second-order valence-corrected chi connectivity index (χ2v) is 11.2. The summed E-state index contributed by atoms with van der Waals surface area (Å²) in [5.74, 6) is -1.76. The van der Waals surface area contributed by atoms with Crippen LogP contribution in [-0.2, 0) is 38.6 Å². The van der Waals surface area contributed by atoms with Crippen molar-refractivity contribution in [2.24, 2.45) is 0 Å². The number of carboxylic acids is 1. The lowest BCUT2D eigenvalue weighted by atomic mass is 10.0. The molecule has 0 bridgehead atoms. The predicted molar refractivity (Wildman–Crippen MR) is 147 cm³/mol. The lowest BCUT2D eigenvalue weighted by Crippen LogP contribution is -2.61. The number of hydrogen-bond acceptors (Lipinski definition) is 6. The van der Waals surface area contributed by atoms with Crippen LogP contribution in [-0.4, -0.2) is 75.7 Å². The Morgan fingerprint density at radius 1 is 0.921 bits per heavy atom. The fraction of sp³-hybridized carbons (Fsp3) is 0.357. The summed E-state index contributed by atoms with van der Waals surface area (Å²) in [5.41, 5.74) is 0.865. The fourth-order valence-electron chi connectivity index (χ4n) is 4.52. The van der Waals surface area contributed by atoms with Gasteiger partial charge in [-0.3, -0.25) is 19.2 Å². The molecular weight excluding hydrogens is 522 g/mol. The highest BCUT2D eigenvalue weighted by atomic mass is 32.1. The minimum atomic E-state index is -1.00. The van der Waals surface area contributed by atoms with Gasteiger partial charge in [0.25, 0.3) is 0 Å². The fourth-order valence-corrected chi connectivity index (χ4v) is 5.92. The third-order valence-electron chi connectivity index (χ3n) is 6.54. The SMILES string of the molecule is O=C(O)CCN(Cc1ccccc1)C(=O)CC1C(=O)N(CCc2cccs2)CC(=O)N1CCc1cccs1. The predicted octanol–water partition coefficient (Wildman–Crippen LogP) is 3.53. The first-order chi connectivity index (χ1) is 18.4. The topological polar surface area (TPSA) is 98.2 Å². The molecule has 1 unspecified atom stereocenters. The molecule has 1 fully saturated rings. The summed E-state index contributed by atoms with van der Waals surface area (Å²) in [6.45, 7) is 0.997.